The zero-order chi connectivity index (χ0) is 10.5. The third-order valence-electron chi connectivity index (χ3n) is 2.90. The summed E-state index contributed by atoms with van der Waals surface area (Å²) in [6.07, 6.45) is 5.76. The SMILES string of the molecule is CC(Nc1ncccn1)C1CCOCC1. The van der Waals surface area contributed by atoms with Gasteiger partial charge in [0.1, 0.15) is 0 Å². The number of hydrogen-bond acceptors (Lipinski definition) is 4. The molecule has 0 spiro atoms. The summed E-state index contributed by atoms with van der Waals surface area (Å²) in [7, 11) is 0. The van der Waals surface area contributed by atoms with E-state index in [9.17, 15) is 0 Å². The zero-order valence-electron chi connectivity index (χ0n) is 9.02. The topological polar surface area (TPSA) is 47.0 Å². The van der Waals surface area contributed by atoms with Gasteiger partial charge in [-0.15, -0.1) is 0 Å². The summed E-state index contributed by atoms with van der Waals surface area (Å²) in [5.41, 5.74) is 0. The molecule has 1 aromatic rings. The summed E-state index contributed by atoms with van der Waals surface area (Å²) in [6, 6.07) is 2.24. The lowest BCUT2D eigenvalue weighted by atomic mass is 9.93. The highest BCUT2D eigenvalue weighted by atomic mass is 16.5. The number of nitrogens with zero attached hydrogens (tertiary/aromatic N) is 2. The van der Waals surface area contributed by atoms with Crippen LogP contribution in [0.15, 0.2) is 18.5 Å². The maximum atomic E-state index is 5.34. The van der Waals surface area contributed by atoms with Crippen molar-refractivity contribution in [3.63, 3.8) is 0 Å². The first-order valence-electron chi connectivity index (χ1n) is 5.47. The Morgan fingerprint density at radius 2 is 2.00 bits per heavy atom. The lowest BCUT2D eigenvalue weighted by molar-refractivity contribution is 0.0621. The first-order chi connectivity index (χ1) is 7.36. The number of nitrogens with one attached hydrogen (secondary N) is 1. The van der Waals surface area contributed by atoms with Crippen LogP contribution < -0.4 is 5.32 Å². The van der Waals surface area contributed by atoms with Gasteiger partial charge in [-0.3, -0.25) is 0 Å². The highest BCUT2D eigenvalue weighted by Crippen LogP contribution is 2.20. The van der Waals surface area contributed by atoms with Crippen LogP contribution in [0.5, 0.6) is 0 Å². The average molecular weight is 207 g/mol. The van der Waals surface area contributed by atoms with Crippen molar-refractivity contribution in [3.8, 4) is 0 Å². The Balaban J connectivity index is 1.88. The summed E-state index contributed by atoms with van der Waals surface area (Å²) in [6.45, 7) is 3.95. The Labute approximate surface area is 90.1 Å². The first kappa shape index (κ1) is 10.4. The van der Waals surface area contributed by atoms with Gasteiger partial charge in [-0.25, -0.2) is 9.97 Å². The van der Waals surface area contributed by atoms with Crippen LogP contribution in [0.25, 0.3) is 0 Å². The smallest absolute Gasteiger partial charge is 0.222 e. The van der Waals surface area contributed by atoms with Crippen LogP contribution in [0.2, 0.25) is 0 Å². The van der Waals surface area contributed by atoms with E-state index in [4.69, 9.17) is 4.74 Å². The van der Waals surface area contributed by atoms with E-state index in [2.05, 4.69) is 22.2 Å². The Hall–Kier alpha value is -1.16. The predicted molar refractivity (Wildman–Crippen MR) is 58.7 cm³/mol. The van der Waals surface area contributed by atoms with Gasteiger partial charge in [0.05, 0.1) is 0 Å². The number of rotatable bonds is 3. The van der Waals surface area contributed by atoms with Gasteiger partial charge in [-0.1, -0.05) is 0 Å². The van der Waals surface area contributed by atoms with Crippen LogP contribution in [0, 0.1) is 5.92 Å². The Bertz CT molecular complexity index is 285. The molecule has 1 aliphatic heterocycles. The molecule has 0 amide bonds. The molecule has 1 atom stereocenters. The summed E-state index contributed by atoms with van der Waals surface area (Å²) in [5.74, 6) is 1.39. The van der Waals surface area contributed by atoms with Crippen LogP contribution in [-0.2, 0) is 4.74 Å². The van der Waals surface area contributed by atoms with Gasteiger partial charge in [-0.2, -0.15) is 0 Å². The van der Waals surface area contributed by atoms with Crippen molar-refractivity contribution >= 4 is 5.95 Å². The molecule has 0 aromatic carbocycles. The van der Waals surface area contributed by atoms with E-state index in [1.54, 1.807) is 12.4 Å². The predicted octanol–water partition coefficient (Wildman–Crippen LogP) is 1.70. The Morgan fingerprint density at radius 1 is 1.33 bits per heavy atom. The molecule has 1 fully saturated rings. The van der Waals surface area contributed by atoms with Crippen molar-refractivity contribution in [3.05, 3.63) is 18.5 Å². The van der Waals surface area contributed by atoms with Crippen LogP contribution in [-0.4, -0.2) is 29.2 Å². The van der Waals surface area contributed by atoms with Crippen LogP contribution in [0.3, 0.4) is 0 Å². The van der Waals surface area contributed by atoms with Crippen LogP contribution >= 0.6 is 0 Å². The number of anilines is 1. The van der Waals surface area contributed by atoms with Crippen molar-refractivity contribution < 1.29 is 4.74 Å². The van der Waals surface area contributed by atoms with Gasteiger partial charge in [-0.05, 0) is 31.7 Å². The van der Waals surface area contributed by atoms with Gasteiger partial charge in [0, 0.05) is 31.6 Å². The molecule has 1 aromatic heterocycles. The monoisotopic (exact) mass is 207 g/mol. The summed E-state index contributed by atoms with van der Waals surface area (Å²) in [5, 5.41) is 3.33. The fraction of sp³-hybridized carbons (Fsp3) is 0.636. The molecule has 0 bridgehead atoms. The maximum Gasteiger partial charge on any atom is 0.222 e. The van der Waals surface area contributed by atoms with E-state index in [0.717, 1.165) is 32.0 Å². The molecule has 0 radical (unpaired) electrons. The molecular formula is C11H17N3O. The van der Waals surface area contributed by atoms with Gasteiger partial charge in [0.2, 0.25) is 5.95 Å². The van der Waals surface area contributed by atoms with Crippen LogP contribution in [0.1, 0.15) is 19.8 Å². The van der Waals surface area contributed by atoms with Crippen molar-refractivity contribution in [2.45, 2.75) is 25.8 Å². The van der Waals surface area contributed by atoms with Gasteiger partial charge in [0.25, 0.3) is 0 Å². The van der Waals surface area contributed by atoms with Crippen molar-refractivity contribution in [2.75, 3.05) is 18.5 Å². The minimum Gasteiger partial charge on any atom is -0.381 e. The fourth-order valence-electron chi connectivity index (χ4n) is 1.91. The summed E-state index contributed by atoms with van der Waals surface area (Å²) >= 11 is 0. The highest BCUT2D eigenvalue weighted by Gasteiger charge is 2.20. The molecule has 82 valence electrons. The van der Waals surface area contributed by atoms with Crippen molar-refractivity contribution in [1.82, 2.24) is 9.97 Å². The van der Waals surface area contributed by atoms with Crippen LogP contribution in [0.4, 0.5) is 5.95 Å². The lowest BCUT2D eigenvalue weighted by Crippen LogP contribution is -2.31. The molecule has 4 heteroatoms. The molecule has 1 saturated heterocycles. The minimum atomic E-state index is 0.413. The molecule has 15 heavy (non-hydrogen) atoms. The van der Waals surface area contributed by atoms with Crippen molar-refractivity contribution in [1.29, 1.82) is 0 Å². The molecule has 0 aliphatic carbocycles. The Morgan fingerprint density at radius 3 is 2.67 bits per heavy atom. The van der Waals surface area contributed by atoms with E-state index in [1.165, 1.54) is 0 Å². The molecule has 1 N–H and O–H groups in total. The molecule has 2 heterocycles. The largest absolute Gasteiger partial charge is 0.381 e. The van der Waals surface area contributed by atoms with Gasteiger partial charge >= 0.3 is 0 Å². The number of aromatic nitrogens is 2. The van der Waals surface area contributed by atoms with E-state index in [1.807, 2.05) is 6.07 Å². The molecular weight excluding hydrogens is 190 g/mol. The third kappa shape index (κ3) is 2.89. The van der Waals surface area contributed by atoms with E-state index in [0.29, 0.717) is 12.0 Å². The minimum absolute atomic E-state index is 0.413. The van der Waals surface area contributed by atoms with E-state index >= 15 is 0 Å². The number of ether oxygens (including phenoxy) is 1. The maximum absolute atomic E-state index is 5.34. The fourth-order valence-corrected chi connectivity index (χ4v) is 1.91. The number of hydrogen-bond donors (Lipinski definition) is 1. The lowest BCUT2D eigenvalue weighted by Gasteiger charge is -2.28. The molecule has 1 aliphatic rings. The second-order valence-corrected chi connectivity index (χ2v) is 3.96. The summed E-state index contributed by atoms with van der Waals surface area (Å²) in [4.78, 5) is 8.32. The average Bonchev–Trinajstić information content (AvgIpc) is 2.31. The quantitative estimate of drug-likeness (QED) is 0.819. The third-order valence-corrected chi connectivity index (χ3v) is 2.90. The normalized spacial score (nSPS) is 19.8. The molecule has 1 unspecified atom stereocenters. The first-order valence-corrected chi connectivity index (χ1v) is 5.47. The molecule has 0 saturated carbocycles. The standard InChI is InChI=1S/C11H17N3O/c1-9(10-3-7-15-8-4-10)14-11-12-5-2-6-13-11/h2,5-6,9-10H,3-4,7-8H2,1H3,(H,12,13,14). The molecule has 2 rings (SSSR count). The summed E-state index contributed by atoms with van der Waals surface area (Å²) < 4.78 is 5.34. The Kier molecular flexibility index (Phi) is 3.50. The second-order valence-electron chi connectivity index (χ2n) is 3.96. The van der Waals surface area contributed by atoms with E-state index in [-0.39, 0.29) is 0 Å². The second kappa shape index (κ2) is 5.07. The van der Waals surface area contributed by atoms with E-state index < -0.39 is 0 Å². The zero-order valence-corrected chi connectivity index (χ0v) is 9.02. The van der Waals surface area contributed by atoms with Gasteiger partial charge in [0.15, 0.2) is 0 Å². The van der Waals surface area contributed by atoms with Gasteiger partial charge < -0.3 is 10.1 Å². The molecule has 4 nitrogen and oxygen atoms in total. The van der Waals surface area contributed by atoms with Crippen molar-refractivity contribution in [2.24, 2.45) is 5.92 Å². The highest BCUT2D eigenvalue weighted by molar-refractivity contribution is 5.24.